The lowest BCUT2D eigenvalue weighted by molar-refractivity contribution is -0.121. The second-order valence-corrected chi connectivity index (χ2v) is 6.27. The molecule has 0 fully saturated rings. The van der Waals surface area contributed by atoms with Crippen LogP contribution in [-0.4, -0.2) is 31.8 Å². The molecule has 0 radical (unpaired) electrons. The SMILES string of the molecule is Cc1nccn1CCNC(=O)Cn1ncc2ccc(Br)cc2c1=O. The van der Waals surface area contributed by atoms with Gasteiger partial charge in [0.2, 0.25) is 5.91 Å². The second kappa shape index (κ2) is 6.96. The van der Waals surface area contributed by atoms with Gasteiger partial charge in [0.25, 0.3) is 5.56 Å². The van der Waals surface area contributed by atoms with E-state index in [1.165, 1.54) is 4.68 Å². The highest BCUT2D eigenvalue weighted by Crippen LogP contribution is 2.15. The fourth-order valence-corrected chi connectivity index (χ4v) is 2.77. The van der Waals surface area contributed by atoms with Gasteiger partial charge in [0, 0.05) is 35.3 Å². The molecule has 124 valence electrons. The van der Waals surface area contributed by atoms with Crippen molar-refractivity contribution in [1.29, 1.82) is 0 Å². The first-order valence-corrected chi connectivity index (χ1v) is 8.24. The number of fused-ring (bicyclic) bond motifs is 1. The largest absolute Gasteiger partial charge is 0.353 e. The van der Waals surface area contributed by atoms with Crippen molar-refractivity contribution >= 4 is 32.6 Å². The van der Waals surface area contributed by atoms with Gasteiger partial charge in [-0.3, -0.25) is 9.59 Å². The molecule has 1 N–H and O–H groups in total. The lowest BCUT2D eigenvalue weighted by Crippen LogP contribution is -2.35. The van der Waals surface area contributed by atoms with Crippen molar-refractivity contribution in [2.24, 2.45) is 0 Å². The number of rotatable bonds is 5. The number of hydrogen-bond acceptors (Lipinski definition) is 4. The van der Waals surface area contributed by atoms with Crippen molar-refractivity contribution in [1.82, 2.24) is 24.6 Å². The molecule has 3 rings (SSSR count). The highest BCUT2D eigenvalue weighted by atomic mass is 79.9. The van der Waals surface area contributed by atoms with E-state index < -0.39 is 0 Å². The number of carbonyl (C=O) groups is 1. The summed E-state index contributed by atoms with van der Waals surface area (Å²) >= 11 is 3.35. The molecular weight excluding hydrogens is 374 g/mol. The number of aryl methyl sites for hydroxylation is 1. The summed E-state index contributed by atoms with van der Waals surface area (Å²) in [5, 5.41) is 8.12. The Kier molecular flexibility index (Phi) is 4.75. The Morgan fingerprint density at radius 3 is 2.96 bits per heavy atom. The molecule has 1 aromatic carbocycles. The fraction of sp³-hybridized carbons (Fsp3) is 0.250. The summed E-state index contributed by atoms with van der Waals surface area (Å²) in [4.78, 5) is 28.6. The molecule has 24 heavy (non-hydrogen) atoms. The lowest BCUT2D eigenvalue weighted by atomic mass is 10.2. The summed E-state index contributed by atoms with van der Waals surface area (Å²) < 4.78 is 3.93. The van der Waals surface area contributed by atoms with Gasteiger partial charge in [0.05, 0.1) is 11.6 Å². The number of aromatic nitrogens is 4. The van der Waals surface area contributed by atoms with Gasteiger partial charge >= 0.3 is 0 Å². The number of halogens is 1. The molecular formula is C16H16BrN5O2. The van der Waals surface area contributed by atoms with Crippen LogP contribution < -0.4 is 10.9 Å². The molecule has 0 aliphatic rings. The predicted octanol–water partition coefficient (Wildman–Crippen LogP) is 1.48. The van der Waals surface area contributed by atoms with E-state index in [1.54, 1.807) is 18.5 Å². The van der Waals surface area contributed by atoms with E-state index in [9.17, 15) is 9.59 Å². The molecule has 0 aliphatic carbocycles. The molecule has 1 amide bonds. The molecule has 2 aromatic heterocycles. The van der Waals surface area contributed by atoms with Gasteiger partial charge < -0.3 is 9.88 Å². The Hall–Kier alpha value is -2.48. The minimum Gasteiger partial charge on any atom is -0.353 e. The van der Waals surface area contributed by atoms with E-state index in [0.717, 1.165) is 15.7 Å². The first kappa shape index (κ1) is 16.4. The van der Waals surface area contributed by atoms with E-state index >= 15 is 0 Å². The van der Waals surface area contributed by atoms with Gasteiger partial charge in [-0.2, -0.15) is 5.10 Å². The molecule has 7 nitrogen and oxygen atoms in total. The third-order valence-electron chi connectivity index (χ3n) is 3.71. The number of benzene rings is 1. The van der Waals surface area contributed by atoms with Crippen LogP contribution in [0.4, 0.5) is 0 Å². The van der Waals surface area contributed by atoms with Crippen molar-refractivity contribution < 1.29 is 4.79 Å². The number of amides is 1. The summed E-state index contributed by atoms with van der Waals surface area (Å²) in [7, 11) is 0. The monoisotopic (exact) mass is 389 g/mol. The molecule has 0 atom stereocenters. The molecule has 3 aromatic rings. The summed E-state index contributed by atoms with van der Waals surface area (Å²) in [5.41, 5.74) is -0.283. The highest BCUT2D eigenvalue weighted by Gasteiger charge is 2.09. The van der Waals surface area contributed by atoms with Crippen molar-refractivity contribution in [2.45, 2.75) is 20.0 Å². The molecule has 0 saturated heterocycles. The minimum atomic E-state index is -0.283. The number of nitrogens with one attached hydrogen (secondary N) is 1. The quantitative estimate of drug-likeness (QED) is 0.716. The number of carbonyl (C=O) groups excluding carboxylic acids is 1. The average Bonchev–Trinajstić information content (AvgIpc) is 2.96. The Balaban J connectivity index is 1.66. The van der Waals surface area contributed by atoms with E-state index in [4.69, 9.17) is 0 Å². The Bertz CT molecular complexity index is 947. The Morgan fingerprint density at radius 2 is 2.21 bits per heavy atom. The predicted molar refractivity (Wildman–Crippen MR) is 93.7 cm³/mol. The molecule has 0 bridgehead atoms. The van der Waals surface area contributed by atoms with Gasteiger partial charge in [0.15, 0.2) is 0 Å². The van der Waals surface area contributed by atoms with E-state index in [1.807, 2.05) is 29.8 Å². The average molecular weight is 390 g/mol. The molecule has 8 heteroatoms. The van der Waals surface area contributed by atoms with Gasteiger partial charge in [-0.15, -0.1) is 0 Å². The zero-order chi connectivity index (χ0) is 17.1. The van der Waals surface area contributed by atoms with Crippen molar-refractivity contribution in [3.05, 3.63) is 57.4 Å². The number of imidazole rings is 1. The molecule has 0 unspecified atom stereocenters. The fourth-order valence-electron chi connectivity index (χ4n) is 2.41. The van der Waals surface area contributed by atoms with Crippen molar-refractivity contribution in [2.75, 3.05) is 6.54 Å². The van der Waals surface area contributed by atoms with E-state index in [2.05, 4.69) is 31.3 Å². The van der Waals surface area contributed by atoms with Gasteiger partial charge in [-0.25, -0.2) is 9.67 Å². The molecule has 2 heterocycles. The summed E-state index contributed by atoms with van der Waals surface area (Å²) in [6, 6.07) is 5.39. The topological polar surface area (TPSA) is 81.8 Å². The smallest absolute Gasteiger partial charge is 0.275 e. The van der Waals surface area contributed by atoms with Crippen LogP contribution >= 0.6 is 15.9 Å². The van der Waals surface area contributed by atoms with Gasteiger partial charge in [-0.1, -0.05) is 22.0 Å². The maximum atomic E-state index is 12.4. The maximum Gasteiger partial charge on any atom is 0.275 e. The van der Waals surface area contributed by atoms with Crippen LogP contribution in [-0.2, 0) is 17.9 Å². The van der Waals surface area contributed by atoms with Gasteiger partial charge in [-0.05, 0) is 19.1 Å². The normalized spacial score (nSPS) is 10.9. The van der Waals surface area contributed by atoms with Crippen LogP contribution in [0.5, 0.6) is 0 Å². The highest BCUT2D eigenvalue weighted by molar-refractivity contribution is 9.10. The zero-order valence-electron chi connectivity index (χ0n) is 13.1. The van der Waals surface area contributed by atoms with E-state index in [-0.39, 0.29) is 18.0 Å². The number of nitrogens with zero attached hydrogens (tertiary/aromatic N) is 4. The molecule has 0 saturated carbocycles. The van der Waals surface area contributed by atoms with Crippen molar-refractivity contribution in [3.63, 3.8) is 0 Å². The summed E-state index contributed by atoms with van der Waals surface area (Å²) in [5.74, 6) is 0.638. The van der Waals surface area contributed by atoms with Crippen LogP contribution in [0.1, 0.15) is 5.82 Å². The summed E-state index contributed by atoms with van der Waals surface area (Å²) in [6.07, 6.45) is 5.16. The van der Waals surface area contributed by atoms with E-state index in [0.29, 0.717) is 18.5 Å². The zero-order valence-corrected chi connectivity index (χ0v) is 14.7. The first-order chi connectivity index (χ1) is 11.5. The first-order valence-electron chi connectivity index (χ1n) is 7.44. The molecule has 0 aliphatic heterocycles. The third-order valence-corrected chi connectivity index (χ3v) is 4.20. The second-order valence-electron chi connectivity index (χ2n) is 5.36. The standard InChI is InChI=1S/C16H16BrN5O2/c1-11-18-4-6-21(11)7-5-19-15(23)10-22-16(24)14-8-13(17)3-2-12(14)9-20-22/h2-4,6,8-9H,5,7,10H2,1H3,(H,19,23). The Labute approximate surface area is 146 Å². The lowest BCUT2D eigenvalue weighted by Gasteiger charge is -2.09. The summed E-state index contributed by atoms with van der Waals surface area (Å²) in [6.45, 7) is 2.89. The minimum absolute atomic E-state index is 0.107. The molecule has 0 spiro atoms. The van der Waals surface area contributed by atoms with Crippen LogP contribution in [0.15, 0.2) is 46.1 Å². The van der Waals surface area contributed by atoms with Crippen LogP contribution in [0, 0.1) is 6.92 Å². The number of hydrogen-bond donors (Lipinski definition) is 1. The van der Waals surface area contributed by atoms with Crippen LogP contribution in [0.2, 0.25) is 0 Å². The van der Waals surface area contributed by atoms with Gasteiger partial charge in [0.1, 0.15) is 12.4 Å². The third kappa shape index (κ3) is 3.53. The maximum absolute atomic E-state index is 12.4. The van der Waals surface area contributed by atoms with Crippen LogP contribution in [0.3, 0.4) is 0 Å². The van der Waals surface area contributed by atoms with Crippen LogP contribution in [0.25, 0.3) is 10.8 Å². The Morgan fingerprint density at radius 1 is 1.38 bits per heavy atom. The van der Waals surface area contributed by atoms with Crippen molar-refractivity contribution in [3.8, 4) is 0 Å².